The molecule has 0 fully saturated rings. The molecule has 0 saturated heterocycles. The van der Waals surface area contributed by atoms with Gasteiger partial charge in [0.25, 0.3) is 0 Å². The van der Waals surface area contributed by atoms with Gasteiger partial charge in [-0.25, -0.2) is 0 Å². The fourth-order valence-corrected chi connectivity index (χ4v) is 0. The first-order valence-corrected chi connectivity index (χ1v) is 1.39. The zero-order valence-corrected chi connectivity index (χ0v) is 3.43. The fraction of sp³-hybridized carbons (Fsp3) is 0.667. The summed E-state index contributed by atoms with van der Waals surface area (Å²) in [6.45, 7) is 0. The molecule has 0 aliphatic carbocycles. The average Bonchev–Trinajstić information content (AvgIpc) is 1.38. The second kappa shape index (κ2) is 1.76. The number of carbonyl (C=O) groups excluding carboxylic acids is 1. The molecule has 0 aromatic heterocycles. The molecule has 0 atom stereocenters. The highest BCUT2D eigenvalue weighted by Crippen LogP contribution is 1.52. The Hall–Kier alpha value is -0.530. The lowest BCUT2D eigenvalue weighted by atomic mass is 11.0. The van der Waals surface area contributed by atoms with E-state index in [1.165, 1.54) is 4.90 Å². The van der Waals surface area contributed by atoms with Gasteiger partial charge in [0.2, 0.25) is 6.41 Å². The molecule has 0 rings (SSSR count). The van der Waals surface area contributed by atoms with Crippen molar-refractivity contribution in [3.05, 3.63) is 0 Å². The van der Waals surface area contributed by atoms with Gasteiger partial charge in [-0.2, -0.15) is 0 Å². The minimum Gasteiger partial charge on any atom is -0.351 e. The molecule has 0 N–H and O–H groups in total. The van der Waals surface area contributed by atoms with Crippen LogP contribution in [0.3, 0.4) is 0 Å². The third-order valence-electron chi connectivity index (χ3n) is 0.211. The van der Waals surface area contributed by atoms with E-state index in [4.69, 9.17) is 0 Å². The molecule has 0 spiro atoms. The van der Waals surface area contributed by atoms with Gasteiger partial charge in [-0.05, 0) is 0 Å². The summed E-state index contributed by atoms with van der Waals surface area (Å²) in [6.07, 6.45) is 0.750. The lowest BCUT2D eigenvalue weighted by Gasteiger charge is -1.93. The van der Waals surface area contributed by atoms with Gasteiger partial charge >= 0.3 is 0 Å². The molecule has 5 heavy (non-hydrogen) atoms. The van der Waals surface area contributed by atoms with E-state index < -0.39 is 0 Å². The number of hydrogen-bond donors (Lipinski definition) is 0. The Kier molecular flexibility index (Phi) is 1.57. The van der Waals surface area contributed by atoms with Crippen molar-refractivity contribution in [2.24, 2.45) is 0 Å². The molecule has 0 saturated carbocycles. The van der Waals surface area contributed by atoms with Crippen molar-refractivity contribution in [1.29, 1.82) is 0 Å². The van der Waals surface area contributed by atoms with Crippen LogP contribution in [0.1, 0.15) is 1.43 Å². The summed E-state index contributed by atoms with van der Waals surface area (Å²) < 4.78 is 0. The van der Waals surface area contributed by atoms with Crippen LogP contribution in [-0.4, -0.2) is 25.4 Å². The average molecular weight is 75.1 g/mol. The summed E-state index contributed by atoms with van der Waals surface area (Å²) >= 11 is 0. The molecule has 0 unspecified atom stereocenters. The summed E-state index contributed by atoms with van der Waals surface area (Å²) in [5.41, 5.74) is 0. The third-order valence-corrected chi connectivity index (χ3v) is 0.211. The lowest BCUT2D eigenvalue weighted by Crippen LogP contribution is -2.06. The van der Waals surface area contributed by atoms with Gasteiger partial charge in [0.15, 0.2) is 0 Å². The molecule has 0 heterocycles. The zero-order valence-electron chi connectivity index (χ0n) is 3.43. The van der Waals surface area contributed by atoms with Crippen LogP contribution in [0.15, 0.2) is 0 Å². The Morgan fingerprint density at radius 1 is 1.80 bits per heavy atom. The van der Waals surface area contributed by atoms with E-state index in [1.54, 1.807) is 14.1 Å². The first kappa shape index (κ1) is 4.47. The van der Waals surface area contributed by atoms with Crippen molar-refractivity contribution in [3.63, 3.8) is 0 Å². The maximum atomic E-state index is 9.43. The highest BCUT2D eigenvalue weighted by molar-refractivity contribution is 5.45. The lowest BCUT2D eigenvalue weighted by molar-refractivity contribution is -0.115. The maximum absolute atomic E-state index is 9.43. The van der Waals surface area contributed by atoms with E-state index in [-0.39, 0.29) is 1.43 Å². The van der Waals surface area contributed by atoms with Crippen LogP contribution in [0.4, 0.5) is 0 Å². The van der Waals surface area contributed by atoms with Crippen LogP contribution in [0.25, 0.3) is 0 Å². The number of hydrogen-bond acceptors (Lipinski definition) is 1. The van der Waals surface area contributed by atoms with Crippen LogP contribution in [-0.2, 0) is 4.79 Å². The minimum absolute atomic E-state index is 0. The number of amides is 1. The molecule has 0 aromatic carbocycles. The van der Waals surface area contributed by atoms with Gasteiger partial charge in [-0.3, -0.25) is 4.79 Å². The molecule has 1 amide bonds. The Morgan fingerprint density at radius 2 is 2.00 bits per heavy atom. The summed E-state index contributed by atoms with van der Waals surface area (Å²) in [7, 11) is 3.38. The molecule has 0 radical (unpaired) electrons. The molecule has 0 aliphatic rings. The Morgan fingerprint density at radius 3 is 2.00 bits per heavy atom. The Balaban J connectivity index is 0. The largest absolute Gasteiger partial charge is 0.351 e. The van der Waals surface area contributed by atoms with E-state index in [0.717, 1.165) is 6.41 Å². The summed E-state index contributed by atoms with van der Waals surface area (Å²) in [5.74, 6) is 0. The third kappa shape index (κ3) is 3.47. The minimum atomic E-state index is 0. The molecular formula is C3H9NO. The van der Waals surface area contributed by atoms with E-state index >= 15 is 0 Å². The van der Waals surface area contributed by atoms with Crippen LogP contribution >= 0.6 is 0 Å². The highest BCUT2D eigenvalue weighted by Gasteiger charge is 1.68. The molecule has 2 nitrogen and oxygen atoms in total. The molecule has 0 bridgehead atoms. The molecule has 0 aliphatic heterocycles. The van der Waals surface area contributed by atoms with Gasteiger partial charge in [0.1, 0.15) is 0 Å². The Bertz CT molecular complexity index is 37.8. The van der Waals surface area contributed by atoms with Crippen LogP contribution in [0.5, 0.6) is 0 Å². The van der Waals surface area contributed by atoms with Crippen LogP contribution < -0.4 is 0 Å². The van der Waals surface area contributed by atoms with Gasteiger partial charge in [-0.15, -0.1) is 0 Å². The smallest absolute Gasteiger partial charge is 0.209 e. The normalized spacial score (nSPS) is 6.80. The van der Waals surface area contributed by atoms with E-state index in [2.05, 4.69) is 0 Å². The molecule has 32 valence electrons. The van der Waals surface area contributed by atoms with Gasteiger partial charge in [0.05, 0.1) is 0 Å². The molecular weight excluding hydrogens is 66.0 g/mol. The first-order chi connectivity index (χ1) is 2.27. The van der Waals surface area contributed by atoms with Crippen molar-refractivity contribution < 1.29 is 6.22 Å². The number of carbonyl (C=O) groups is 1. The van der Waals surface area contributed by atoms with Gasteiger partial charge < -0.3 is 4.90 Å². The van der Waals surface area contributed by atoms with Crippen molar-refractivity contribution in [1.82, 2.24) is 4.90 Å². The standard InChI is InChI=1S/C3H7NO.H2/c1-4(2)3-5;/h3H,1-2H3;1H. The molecule has 0 aromatic rings. The summed E-state index contributed by atoms with van der Waals surface area (Å²) in [6, 6.07) is 0. The molecule has 2 heteroatoms. The van der Waals surface area contributed by atoms with Crippen molar-refractivity contribution in [3.8, 4) is 0 Å². The topological polar surface area (TPSA) is 20.3 Å². The van der Waals surface area contributed by atoms with Gasteiger partial charge in [0, 0.05) is 15.5 Å². The number of rotatable bonds is 1. The highest BCUT2D eigenvalue weighted by atomic mass is 16.1. The second-order valence-electron chi connectivity index (χ2n) is 1.07. The maximum Gasteiger partial charge on any atom is 0.209 e. The van der Waals surface area contributed by atoms with Crippen molar-refractivity contribution >= 4 is 6.41 Å². The van der Waals surface area contributed by atoms with Crippen molar-refractivity contribution in [2.75, 3.05) is 14.1 Å². The second-order valence-corrected chi connectivity index (χ2v) is 1.07. The van der Waals surface area contributed by atoms with Crippen LogP contribution in [0.2, 0.25) is 0 Å². The van der Waals surface area contributed by atoms with E-state index in [0.29, 0.717) is 0 Å². The van der Waals surface area contributed by atoms with E-state index in [9.17, 15) is 4.79 Å². The number of nitrogens with zero attached hydrogens (tertiary/aromatic N) is 1. The summed E-state index contributed by atoms with van der Waals surface area (Å²) in [5, 5.41) is 0. The Labute approximate surface area is 32.9 Å². The SMILES string of the molecule is CN(C)C=O.[HH]. The van der Waals surface area contributed by atoms with E-state index in [1.807, 2.05) is 0 Å². The zero-order chi connectivity index (χ0) is 4.28. The predicted molar refractivity (Wildman–Crippen MR) is 21.9 cm³/mol. The first-order valence-electron chi connectivity index (χ1n) is 1.39. The van der Waals surface area contributed by atoms with Crippen molar-refractivity contribution in [2.45, 2.75) is 0 Å². The van der Waals surface area contributed by atoms with Crippen LogP contribution in [0, 0.1) is 0 Å². The monoisotopic (exact) mass is 75.1 g/mol. The summed E-state index contributed by atoms with van der Waals surface area (Å²) in [4.78, 5) is 10.9. The van der Waals surface area contributed by atoms with Gasteiger partial charge in [-0.1, -0.05) is 0 Å². The quantitative estimate of drug-likeness (QED) is 0.400. The predicted octanol–water partition coefficient (Wildman–Crippen LogP) is -0.0496. The fourth-order valence-electron chi connectivity index (χ4n) is 0.